The smallest absolute Gasteiger partial charge is 0.0179 e. The predicted molar refractivity (Wildman–Crippen MR) is 55.1 cm³/mol. The van der Waals surface area contributed by atoms with Gasteiger partial charge < -0.3 is 0 Å². The first-order valence-electron chi connectivity index (χ1n) is 6.13. The predicted octanol–water partition coefficient (Wildman–Crippen LogP) is 3.67. The summed E-state index contributed by atoms with van der Waals surface area (Å²) in [5, 5.41) is 0. The molecule has 0 aromatic rings. The maximum Gasteiger partial charge on any atom is -0.0179 e. The third-order valence-electron chi connectivity index (χ3n) is 5.02. The van der Waals surface area contributed by atoms with Crippen LogP contribution in [0.1, 0.15) is 46.0 Å². The molecule has 0 aromatic heterocycles. The fraction of sp³-hybridized carbons (Fsp3) is 0.923. The first-order chi connectivity index (χ1) is 6.27. The standard InChI is InChI=1S/C13H21/c1-8(2)12-6-9-7-13(12)11-5-3-4-10(9)11/h8-11,13H,3-7H2,1-2H3. The van der Waals surface area contributed by atoms with Gasteiger partial charge in [-0.1, -0.05) is 20.3 Å². The van der Waals surface area contributed by atoms with Crippen molar-refractivity contribution < 1.29 is 0 Å². The summed E-state index contributed by atoms with van der Waals surface area (Å²) in [4.78, 5) is 0. The van der Waals surface area contributed by atoms with Crippen LogP contribution < -0.4 is 0 Å². The molecule has 1 radical (unpaired) electrons. The number of hydrogen-bond acceptors (Lipinski definition) is 0. The number of hydrogen-bond donors (Lipinski definition) is 0. The largest absolute Gasteiger partial charge is 0.0622 e. The minimum absolute atomic E-state index is 0.872. The quantitative estimate of drug-likeness (QED) is 0.573. The number of fused-ring (bicyclic) bond motifs is 5. The molecule has 0 saturated heterocycles. The molecule has 0 nitrogen and oxygen atoms in total. The lowest BCUT2D eigenvalue weighted by molar-refractivity contribution is 0.256. The summed E-state index contributed by atoms with van der Waals surface area (Å²) in [6.07, 6.45) is 7.74. The summed E-state index contributed by atoms with van der Waals surface area (Å²) < 4.78 is 0. The Bertz CT molecular complexity index is 204. The van der Waals surface area contributed by atoms with E-state index in [2.05, 4.69) is 13.8 Å². The molecule has 4 atom stereocenters. The van der Waals surface area contributed by atoms with Crippen LogP contribution in [0.5, 0.6) is 0 Å². The van der Waals surface area contributed by atoms with Crippen LogP contribution in [0, 0.1) is 35.5 Å². The minimum Gasteiger partial charge on any atom is -0.0622 e. The SMILES string of the molecule is CC(C)[C]1CC2CC1C1CCCC21. The molecule has 0 amide bonds. The van der Waals surface area contributed by atoms with Crippen LogP contribution in [0.4, 0.5) is 0 Å². The Labute approximate surface area is 82.1 Å². The van der Waals surface area contributed by atoms with Crippen molar-refractivity contribution in [3.05, 3.63) is 5.92 Å². The second-order valence-corrected chi connectivity index (χ2v) is 5.79. The van der Waals surface area contributed by atoms with E-state index in [0.29, 0.717) is 0 Å². The topological polar surface area (TPSA) is 0 Å². The Morgan fingerprint density at radius 1 is 1.15 bits per heavy atom. The van der Waals surface area contributed by atoms with Gasteiger partial charge in [-0.2, -0.15) is 0 Å². The highest BCUT2D eigenvalue weighted by atomic mass is 14.6. The molecule has 3 aliphatic rings. The van der Waals surface area contributed by atoms with Crippen LogP contribution in [0.2, 0.25) is 0 Å². The van der Waals surface area contributed by atoms with E-state index in [-0.39, 0.29) is 0 Å². The average molecular weight is 177 g/mol. The van der Waals surface area contributed by atoms with Gasteiger partial charge in [0.1, 0.15) is 0 Å². The van der Waals surface area contributed by atoms with Crippen molar-refractivity contribution in [2.45, 2.75) is 46.0 Å². The molecule has 3 fully saturated rings. The van der Waals surface area contributed by atoms with E-state index in [0.717, 1.165) is 29.6 Å². The Kier molecular flexibility index (Phi) is 1.76. The normalized spacial score (nSPS) is 49.2. The Morgan fingerprint density at radius 2 is 1.92 bits per heavy atom. The van der Waals surface area contributed by atoms with E-state index in [9.17, 15) is 0 Å². The summed E-state index contributed by atoms with van der Waals surface area (Å²) in [6, 6.07) is 0. The minimum atomic E-state index is 0.872. The van der Waals surface area contributed by atoms with Crippen LogP contribution in [0.25, 0.3) is 0 Å². The van der Waals surface area contributed by atoms with Crippen LogP contribution in [-0.2, 0) is 0 Å². The fourth-order valence-corrected chi connectivity index (χ4v) is 4.56. The van der Waals surface area contributed by atoms with Gasteiger partial charge in [-0.15, -0.1) is 0 Å². The van der Waals surface area contributed by atoms with Crippen molar-refractivity contribution in [1.29, 1.82) is 0 Å². The summed E-state index contributed by atoms with van der Waals surface area (Å²) in [6.45, 7) is 4.81. The van der Waals surface area contributed by atoms with E-state index < -0.39 is 0 Å². The Morgan fingerprint density at radius 3 is 2.69 bits per heavy atom. The van der Waals surface area contributed by atoms with Gasteiger partial charge in [0.2, 0.25) is 0 Å². The molecule has 0 heteroatoms. The second kappa shape index (κ2) is 2.74. The van der Waals surface area contributed by atoms with Gasteiger partial charge in [0.25, 0.3) is 0 Å². The lowest BCUT2D eigenvalue weighted by atomic mass is 9.72. The zero-order chi connectivity index (χ0) is 9.00. The highest BCUT2D eigenvalue weighted by Gasteiger charge is 2.54. The summed E-state index contributed by atoms with van der Waals surface area (Å²) >= 11 is 0. The fourth-order valence-electron chi connectivity index (χ4n) is 4.56. The van der Waals surface area contributed by atoms with Gasteiger partial charge in [0, 0.05) is 0 Å². The van der Waals surface area contributed by atoms with Gasteiger partial charge in [0.05, 0.1) is 0 Å². The molecule has 3 aliphatic carbocycles. The van der Waals surface area contributed by atoms with Gasteiger partial charge in [-0.25, -0.2) is 0 Å². The molecule has 0 aromatic carbocycles. The van der Waals surface area contributed by atoms with Crippen LogP contribution in [0.3, 0.4) is 0 Å². The lowest BCUT2D eigenvalue weighted by Crippen LogP contribution is -2.25. The molecule has 73 valence electrons. The van der Waals surface area contributed by atoms with E-state index in [1.54, 1.807) is 19.3 Å². The van der Waals surface area contributed by atoms with Crippen LogP contribution in [0.15, 0.2) is 0 Å². The van der Waals surface area contributed by atoms with Gasteiger partial charge >= 0.3 is 0 Å². The zero-order valence-electron chi connectivity index (χ0n) is 8.92. The molecule has 0 heterocycles. The summed E-state index contributed by atoms with van der Waals surface area (Å²) in [5.74, 6) is 7.29. The molecule has 3 rings (SSSR count). The molecular formula is C13H21. The average Bonchev–Trinajstić information content (AvgIpc) is 2.75. The van der Waals surface area contributed by atoms with Crippen molar-refractivity contribution in [3.8, 4) is 0 Å². The molecule has 0 spiro atoms. The highest BCUT2D eigenvalue weighted by Crippen LogP contribution is 2.63. The van der Waals surface area contributed by atoms with E-state index in [1.165, 1.54) is 12.8 Å². The summed E-state index contributed by atoms with van der Waals surface area (Å²) in [5.41, 5.74) is 0. The maximum atomic E-state index is 2.40. The van der Waals surface area contributed by atoms with Crippen molar-refractivity contribution in [2.24, 2.45) is 29.6 Å². The summed E-state index contributed by atoms with van der Waals surface area (Å²) in [7, 11) is 0. The van der Waals surface area contributed by atoms with Gasteiger partial charge in [-0.3, -0.25) is 0 Å². The highest BCUT2D eigenvalue weighted by molar-refractivity contribution is 5.16. The third-order valence-corrected chi connectivity index (χ3v) is 5.02. The van der Waals surface area contributed by atoms with Crippen molar-refractivity contribution in [2.75, 3.05) is 0 Å². The van der Waals surface area contributed by atoms with E-state index in [1.807, 2.05) is 5.92 Å². The second-order valence-electron chi connectivity index (χ2n) is 5.79. The molecule has 0 aliphatic heterocycles. The van der Waals surface area contributed by atoms with Gasteiger partial charge in [0.15, 0.2) is 0 Å². The Hall–Kier alpha value is 0. The maximum absolute atomic E-state index is 2.40. The van der Waals surface area contributed by atoms with Crippen molar-refractivity contribution >= 4 is 0 Å². The van der Waals surface area contributed by atoms with E-state index in [4.69, 9.17) is 0 Å². The van der Waals surface area contributed by atoms with Crippen molar-refractivity contribution in [1.82, 2.24) is 0 Å². The molecule has 13 heavy (non-hydrogen) atoms. The Balaban J connectivity index is 1.82. The molecule has 3 saturated carbocycles. The molecule has 4 unspecified atom stereocenters. The molecule has 0 N–H and O–H groups in total. The van der Waals surface area contributed by atoms with Crippen molar-refractivity contribution in [3.63, 3.8) is 0 Å². The van der Waals surface area contributed by atoms with Crippen LogP contribution >= 0.6 is 0 Å². The van der Waals surface area contributed by atoms with Crippen LogP contribution in [-0.4, -0.2) is 0 Å². The van der Waals surface area contributed by atoms with E-state index >= 15 is 0 Å². The number of rotatable bonds is 1. The first kappa shape index (κ1) is 8.32. The first-order valence-corrected chi connectivity index (χ1v) is 6.13. The monoisotopic (exact) mass is 177 g/mol. The zero-order valence-corrected chi connectivity index (χ0v) is 8.92. The van der Waals surface area contributed by atoms with Gasteiger partial charge in [-0.05, 0) is 61.2 Å². The molecular weight excluding hydrogens is 156 g/mol. The molecule has 2 bridgehead atoms. The lowest BCUT2D eigenvalue weighted by Gasteiger charge is -2.33. The third kappa shape index (κ3) is 1.04.